The lowest BCUT2D eigenvalue weighted by Crippen LogP contribution is -2.49. The number of imide groups is 1. The predicted octanol–water partition coefficient (Wildman–Crippen LogP) is 0.651. The maximum Gasteiger partial charge on any atom is 0.229 e. The number of hydrogen-bond donors (Lipinski definition) is 1. The van der Waals surface area contributed by atoms with E-state index in [-0.39, 0.29) is 23.9 Å². The largest absolute Gasteiger partial charge is 0.326 e. The molecule has 2 amide bonds. The van der Waals surface area contributed by atoms with Gasteiger partial charge in [-0.15, -0.1) is 0 Å². The molecule has 0 aromatic rings. The Kier molecular flexibility index (Phi) is 3.63. The first-order valence-corrected chi connectivity index (χ1v) is 5.14. The molecule has 4 heteroatoms. The van der Waals surface area contributed by atoms with Crippen LogP contribution in [0.1, 0.15) is 39.5 Å². The van der Waals surface area contributed by atoms with Gasteiger partial charge in [0.05, 0.1) is 6.04 Å². The van der Waals surface area contributed by atoms with Crippen molar-refractivity contribution in [3.63, 3.8) is 0 Å². The molecule has 0 aliphatic carbocycles. The Hall–Kier alpha value is -0.900. The molecule has 2 unspecified atom stereocenters. The highest BCUT2D eigenvalue weighted by molar-refractivity contribution is 5.96. The SMILES string of the molecule is CC(N)C(C)N1C(=O)CCCCC1=O. The van der Waals surface area contributed by atoms with Crippen molar-refractivity contribution in [2.75, 3.05) is 0 Å². The van der Waals surface area contributed by atoms with E-state index in [0.29, 0.717) is 12.8 Å². The molecule has 0 bridgehead atoms. The van der Waals surface area contributed by atoms with E-state index in [4.69, 9.17) is 5.73 Å². The van der Waals surface area contributed by atoms with Gasteiger partial charge in [0.2, 0.25) is 11.8 Å². The average molecular weight is 198 g/mol. The van der Waals surface area contributed by atoms with E-state index < -0.39 is 0 Å². The van der Waals surface area contributed by atoms with Crippen molar-refractivity contribution >= 4 is 11.8 Å². The van der Waals surface area contributed by atoms with Crippen LogP contribution in [0.2, 0.25) is 0 Å². The second-order valence-corrected chi connectivity index (χ2v) is 3.96. The monoisotopic (exact) mass is 198 g/mol. The minimum absolute atomic E-state index is 0.0719. The summed E-state index contributed by atoms with van der Waals surface area (Å²) in [4.78, 5) is 24.6. The summed E-state index contributed by atoms with van der Waals surface area (Å²) in [6.07, 6.45) is 2.57. The lowest BCUT2D eigenvalue weighted by atomic mass is 10.1. The zero-order chi connectivity index (χ0) is 10.7. The summed E-state index contributed by atoms with van der Waals surface area (Å²) < 4.78 is 0. The summed E-state index contributed by atoms with van der Waals surface area (Å²) in [5, 5.41) is 0. The maximum atomic E-state index is 11.6. The number of carbonyl (C=O) groups is 2. The molecule has 1 aliphatic rings. The van der Waals surface area contributed by atoms with Crippen molar-refractivity contribution in [3.8, 4) is 0 Å². The van der Waals surface area contributed by atoms with Crippen LogP contribution < -0.4 is 5.73 Å². The van der Waals surface area contributed by atoms with Crippen LogP contribution in [0.4, 0.5) is 0 Å². The third-order valence-corrected chi connectivity index (χ3v) is 2.74. The third kappa shape index (κ3) is 2.32. The number of likely N-dealkylation sites (tertiary alicyclic amines) is 1. The highest BCUT2D eigenvalue weighted by atomic mass is 16.2. The minimum atomic E-state index is -0.187. The van der Waals surface area contributed by atoms with E-state index >= 15 is 0 Å². The zero-order valence-corrected chi connectivity index (χ0v) is 8.82. The molecule has 1 aliphatic heterocycles. The molecule has 0 radical (unpaired) electrons. The molecule has 1 fully saturated rings. The van der Waals surface area contributed by atoms with Gasteiger partial charge in [0.1, 0.15) is 0 Å². The van der Waals surface area contributed by atoms with Crippen molar-refractivity contribution in [2.24, 2.45) is 5.73 Å². The second-order valence-electron chi connectivity index (χ2n) is 3.96. The number of hydrogen-bond acceptors (Lipinski definition) is 3. The van der Waals surface area contributed by atoms with Gasteiger partial charge >= 0.3 is 0 Å². The molecule has 80 valence electrons. The van der Waals surface area contributed by atoms with Crippen molar-refractivity contribution < 1.29 is 9.59 Å². The predicted molar refractivity (Wildman–Crippen MR) is 53.4 cm³/mol. The van der Waals surface area contributed by atoms with Crippen LogP contribution in [-0.2, 0) is 9.59 Å². The Bertz CT molecular complexity index is 220. The highest BCUT2D eigenvalue weighted by Gasteiger charge is 2.29. The fourth-order valence-corrected chi connectivity index (χ4v) is 1.62. The molecule has 4 nitrogen and oxygen atoms in total. The van der Waals surface area contributed by atoms with Crippen LogP contribution in [0.15, 0.2) is 0 Å². The van der Waals surface area contributed by atoms with Gasteiger partial charge in [0.15, 0.2) is 0 Å². The molecule has 14 heavy (non-hydrogen) atoms. The summed E-state index contributed by atoms with van der Waals surface area (Å²) in [7, 11) is 0. The summed E-state index contributed by atoms with van der Waals surface area (Å²) in [5.74, 6) is -0.144. The van der Waals surface area contributed by atoms with Gasteiger partial charge in [0.25, 0.3) is 0 Å². The Labute approximate surface area is 84.4 Å². The molecule has 0 aromatic heterocycles. The first kappa shape index (κ1) is 11.2. The Balaban J connectivity index is 2.79. The van der Waals surface area contributed by atoms with Crippen LogP contribution in [0.3, 0.4) is 0 Å². The number of nitrogens with two attached hydrogens (primary N) is 1. The molecular formula is C10H18N2O2. The van der Waals surface area contributed by atoms with Crippen LogP contribution in [0.25, 0.3) is 0 Å². The van der Waals surface area contributed by atoms with Crippen LogP contribution >= 0.6 is 0 Å². The number of nitrogens with zero attached hydrogens (tertiary/aromatic N) is 1. The lowest BCUT2D eigenvalue weighted by molar-refractivity contribution is -0.146. The molecule has 2 atom stereocenters. The fourth-order valence-electron chi connectivity index (χ4n) is 1.62. The summed E-state index contributed by atoms with van der Waals surface area (Å²) in [6, 6.07) is -0.353. The smallest absolute Gasteiger partial charge is 0.229 e. The van der Waals surface area contributed by atoms with E-state index in [0.717, 1.165) is 12.8 Å². The van der Waals surface area contributed by atoms with Gasteiger partial charge in [-0.2, -0.15) is 0 Å². The molecule has 1 saturated heterocycles. The summed E-state index contributed by atoms with van der Waals surface area (Å²) in [6.45, 7) is 3.64. The van der Waals surface area contributed by atoms with Crippen molar-refractivity contribution in [1.82, 2.24) is 4.90 Å². The van der Waals surface area contributed by atoms with Crippen LogP contribution in [0.5, 0.6) is 0 Å². The molecule has 0 saturated carbocycles. The van der Waals surface area contributed by atoms with Gasteiger partial charge in [0, 0.05) is 18.9 Å². The molecule has 1 heterocycles. The topological polar surface area (TPSA) is 63.4 Å². The third-order valence-electron chi connectivity index (χ3n) is 2.74. The van der Waals surface area contributed by atoms with Crippen molar-refractivity contribution in [2.45, 2.75) is 51.6 Å². The highest BCUT2D eigenvalue weighted by Crippen LogP contribution is 2.16. The maximum absolute atomic E-state index is 11.6. The van der Waals surface area contributed by atoms with E-state index in [2.05, 4.69) is 0 Å². The Morgan fingerprint density at radius 1 is 1.14 bits per heavy atom. The molecule has 2 N–H and O–H groups in total. The first-order valence-electron chi connectivity index (χ1n) is 5.14. The Morgan fingerprint density at radius 2 is 1.57 bits per heavy atom. The van der Waals surface area contributed by atoms with E-state index in [1.54, 1.807) is 0 Å². The summed E-state index contributed by atoms with van der Waals surface area (Å²) >= 11 is 0. The quantitative estimate of drug-likeness (QED) is 0.663. The number of carbonyl (C=O) groups excluding carboxylic acids is 2. The van der Waals surface area contributed by atoms with Gasteiger partial charge in [-0.25, -0.2) is 0 Å². The normalized spacial score (nSPS) is 23.2. The minimum Gasteiger partial charge on any atom is -0.326 e. The molecule has 0 aromatic carbocycles. The number of rotatable bonds is 2. The first-order chi connectivity index (χ1) is 6.54. The zero-order valence-electron chi connectivity index (χ0n) is 8.82. The van der Waals surface area contributed by atoms with Crippen molar-refractivity contribution in [3.05, 3.63) is 0 Å². The Morgan fingerprint density at radius 3 is 1.93 bits per heavy atom. The van der Waals surface area contributed by atoms with E-state index in [1.165, 1.54) is 4.90 Å². The average Bonchev–Trinajstić information content (AvgIpc) is 2.26. The van der Waals surface area contributed by atoms with Gasteiger partial charge < -0.3 is 5.73 Å². The van der Waals surface area contributed by atoms with Crippen molar-refractivity contribution in [1.29, 1.82) is 0 Å². The standard InChI is InChI=1S/C10H18N2O2/c1-7(11)8(2)12-9(13)5-3-4-6-10(12)14/h7-8H,3-6,11H2,1-2H3. The van der Waals surface area contributed by atoms with Gasteiger partial charge in [-0.3, -0.25) is 14.5 Å². The molecule has 1 rings (SSSR count). The lowest BCUT2D eigenvalue weighted by Gasteiger charge is -2.28. The van der Waals surface area contributed by atoms with Crippen LogP contribution in [-0.4, -0.2) is 28.8 Å². The number of amides is 2. The second kappa shape index (κ2) is 4.55. The van der Waals surface area contributed by atoms with Crippen LogP contribution in [0, 0.1) is 0 Å². The van der Waals surface area contributed by atoms with Gasteiger partial charge in [-0.05, 0) is 26.7 Å². The summed E-state index contributed by atoms with van der Waals surface area (Å²) in [5.41, 5.74) is 5.70. The molecular weight excluding hydrogens is 180 g/mol. The van der Waals surface area contributed by atoms with E-state index in [9.17, 15) is 9.59 Å². The molecule has 0 spiro atoms. The fraction of sp³-hybridized carbons (Fsp3) is 0.800. The van der Waals surface area contributed by atoms with E-state index in [1.807, 2.05) is 13.8 Å². The van der Waals surface area contributed by atoms with Gasteiger partial charge in [-0.1, -0.05) is 0 Å².